The van der Waals surface area contributed by atoms with Crippen molar-refractivity contribution in [2.24, 2.45) is 5.92 Å². The molecule has 2 N–H and O–H groups in total. The molecule has 4 heteroatoms. The van der Waals surface area contributed by atoms with Gasteiger partial charge in [0.2, 0.25) is 5.91 Å². The van der Waals surface area contributed by atoms with E-state index in [2.05, 4.69) is 30.1 Å². The Morgan fingerprint density at radius 2 is 2.25 bits per heavy atom. The van der Waals surface area contributed by atoms with E-state index in [9.17, 15) is 9.90 Å². The summed E-state index contributed by atoms with van der Waals surface area (Å²) in [5.41, 5.74) is 2.19. The van der Waals surface area contributed by atoms with Gasteiger partial charge in [-0.1, -0.05) is 26.0 Å². The van der Waals surface area contributed by atoms with Crippen molar-refractivity contribution in [3.8, 4) is 5.75 Å². The molecule has 1 amide bonds. The summed E-state index contributed by atoms with van der Waals surface area (Å²) in [6.45, 7) is 5.28. The van der Waals surface area contributed by atoms with Crippen LogP contribution in [0.2, 0.25) is 0 Å². The number of phenolic OH excluding ortho intramolecular Hbond substituents is 1. The summed E-state index contributed by atoms with van der Waals surface area (Å²) in [6.07, 6.45) is 1.84. The lowest BCUT2D eigenvalue weighted by Crippen LogP contribution is -2.38. The van der Waals surface area contributed by atoms with Gasteiger partial charge in [0.25, 0.3) is 0 Å². The van der Waals surface area contributed by atoms with Gasteiger partial charge in [0.05, 0.1) is 6.54 Å². The second-order valence-corrected chi connectivity index (χ2v) is 6.01. The number of hydrogen-bond donors (Lipinski definition) is 2. The number of phenols is 1. The Labute approximate surface area is 120 Å². The lowest BCUT2D eigenvalue weighted by atomic mass is 10.1. The quantitative estimate of drug-likeness (QED) is 0.866. The fourth-order valence-electron chi connectivity index (χ4n) is 2.78. The van der Waals surface area contributed by atoms with Gasteiger partial charge in [-0.05, 0) is 43.0 Å². The van der Waals surface area contributed by atoms with Crippen LogP contribution in [0.25, 0.3) is 0 Å². The minimum Gasteiger partial charge on any atom is -0.508 e. The van der Waals surface area contributed by atoms with Crippen LogP contribution >= 0.6 is 0 Å². The Morgan fingerprint density at radius 3 is 2.95 bits per heavy atom. The largest absolute Gasteiger partial charge is 0.508 e. The van der Waals surface area contributed by atoms with Crippen LogP contribution in [0.5, 0.6) is 5.75 Å². The minimum atomic E-state index is 0.0646. The first-order valence-corrected chi connectivity index (χ1v) is 7.26. The van der Waals surface area contributed by atoms with Crippen molar-refractivity contribution in [2.45, 2.75) is 32.7 Å². The molecule has 1 aliphatic carbocycles. The molecule has 2 rings (SSSR count). The predicted octanol–water partition coefficient (Wildman–Crippen LogP) is 2.08. The summed E-state index contributed by atoms with van der Waals surface area (Å²) in [5.74, 6) is 0.908. The molecule has 0 aliphatic heterocycles. The summed E-state index contributed by atoms with van der Waals surface area (Å²) >= 11 is 0. The molecule has 110 valence electrons. The zero-order chi connectivity index (χ0) is 14.7. The second-order valence-electron chi connectivity index (χ2n) is 6.01. The summed E-state index contributed by atoms with van der Waals surface area (Å²) in [5, 5.41) is 12.8. The van der Waals surface area contributed by atoms with Crippen LogP contribution in [0.15, 0.2) is 18.2 Å². The molecule has 0 aromatic heterocycles. The standard InChI is InChI=1S/C16H24N2O2/c1-11(2)9-17-16(20)10-18(3)14-8-7-13-12(14)5-4-6-15(13)19/h4-6,11,14,19H,7-10H2,1-3H3,(H,17,20). The zero-order valence-corrected chi connectivity index (χ0v) is 12.5. The third kappa shape index (κ3) is 3.31. The number of carbonyl (C=O) groups excluding carboxylic acids is 1. The monoisotopic (exact) mass is 276 g/mol. The van der Waals surface area contributed by atoms with Crippen molar-refractivity contribution < 1.29 is 9.90 Å². The molecule has 20 heavy (non-hydrogen) atoms. The highest BCUT2D eigenvalue weighted by molar-refractivity contribution is 5.78. The average molecular weight is 276 g/mol. The van der Waals surface area contributed by atoms with E-state index in [1.807, 2.05) is 13.1 Å². The molecule has 0 fully saturated rings. The summed E-state index contributed by atoms with van der Waals surface area (Å²) in [6, 6.07) is 5.88. The van der Waals surface area contributed by atoms with Crippen LogP contribution in [0.3, 0.4) is 0 Å². The van der Waals surface area contributed by atoms with Gasteiger partial charge >= 0.3 is 0 Å². The number of amides is 1. The van der Waals surface area contributed by atoms with Crippen LogP contribution < -0.4 is 5.32 Å². The Balaban J connectivity index is 1.97. The third-order valence-corrected chi connectivity index (χ3v) is 3.85. The number of benzene rings is 1. The van der Waals surface area contributed by atoms with Crippen molar-refractivity contribution in [1.82, 2.24) is 10.2 Å². The molecular weight excluding hydrogens is 252 g/mol. The second kappa shape index (κ2) is 6.27. The molecule has 0 saturated carbocycles. The zero-order valence-electron chi connectivity index (χ0n) is 12.5. The van der Waals surface area contributed by atoms with Gasteiger partial charge in [-0.3, -0.25) is 9.69 Å². The van der Waals surface area contributed by atoms with Gasteiger partial charge in [-0.25, -0.2) is 0 Å². The summed E-state index contributed by atoms with van der Waals surface area (Å²) < 4.78 is 0. The van der Waals surface area contributed by atoms with E-state index in [4.69, 9.17) is 0 Å². The van der Waals surface area contributed by atoms with Gasteiger partial charge < -0.3 is 10.4 Å². The van der Waals surface area contributed by atoms with E-state index in [1.54, 1.807) is 6.07 Å². The molecule has 1 unspecified atom stereocenters. The first-order valence-electron chi connectivity index (χ1n) is 7.26. The molecule has 1 atom stereocenters. The number of nitrogens with zero attached hydrogens (tertiary/aromatic N) is 1. The van der Waals surface area contributed by atoms with Crippen LogP contribution in [0.4, 0.5) is 0 Å². The summed E-state index contributed by atoms with van der Waals surface area (Å²) in [7, 11) is 1.97. The van der Waals surface area contributed by atoms with Gasteiger partial charge in [-0.2, -0.15) is 0 Å². The molecule has 4 nitrogen and oxygen atoms in total. The molecule has 1 aromatic rings. The van der Waals surface area contributed by atoms with Crippen LogP contribution in [-0.2, 0) is 11.2 Å². The van der Waals surface area contributed by atoms with E-state index in [0.29, 0.717) is 24.8 Å². The van der Waals surface area contributed by atoms with E-state index < -0.39 is 0 Å². The normalized spacial score (nSPS) is 17.6. The van der Waals surface area contributed by atoms with Gasteiger partial charge in [0, 0.05) is 12.6 Å². The number of rotatable bonds is 5. The lowest BCUT2D eigenvalue weighted by molar-refractivity contribution is -0.122. The van der Waals surface area contributed by atoms with E-state index in [-0.39, 0.29) is 11.9 Å². The van der Waals surface area contributed by atoms with Gasteiger partial charge in [0.15, 0.2) is 0 Å². The SMILES string of the molecule is CC(C)CNC(=O)CN(C)C1CCc2c(O)cccc21. The lowest BCUT2D eigenvalue weighted by Gasteiger charge is -2.24. The smallest absolute Gasteiger partial charge is 0.234 e. The van der Waals surface area contributed by atoms with Gasteiger partial charge in [-0.15, -0.1) is 0 Å². The van der Waals surface area contributed by atoms with Crippen molar-refractivity contribution in [1.29, 1.82) is 0 Å². The van der Waals surface area contributed by atoms with Gasteiger partial charge in [0.1, 0.15) is 5.75 Å². The maximum Gasteiger partial charge on any atom is 0.234 e. The van der Waals surface area contributed by atoms with Crippen molar-refractivity contribution in [2.75, 3.05) is 20.1 Å². The molecule has 0 saturated heterocycles. The fraction of sp³-hybridized carbons (Fsp3) is 0.562. The summed E-state index contributed by atoms with van der Waals surface area (Å²) in [4.78, 5) is 14.0. The Hall–Kier alpha value is -1.55. The van der Waals surface area contributed by atoms with Crippen molar-refractivity contribution in [3.63, 3.8) is 0 Å². The molecule has 0 bridgehead atoms. The molecule has 1 aliphatic rings. The highest BCUT2D eigenvalue weighted by atomic mass is 16.3. The molecule has 0 radical (unpaired) electrons. The van der Waals surface area contributed by atoms with Crippen LogP contribution in [0, 0.1) is 5.92 Å². The average Bonchev–Trinajstić information content (AvgIpc) is 2.81. The Morgan fingerprint density at radius 1 is 1.50 bits per heavy atom. The predicted molar refractivity (Wildman–Crippen MR) is 79.6 cm³/mol. The van der Waals surface area contributed by atoms with Crippen LogP contribution in [-0.4, -0.2) is 36.1 Å². The molecule has 1 aromatic carbocycles. The highest BCUT2D eigenvalue weighted by Gasteiger charge is 2.28. The highest BCUT2D eigenvalue weighted by Crippen LogP contribution is 2.38. The topological polar surface area (TPSA) is 52.6 Å². The number of hydrogen-bond acceptors (Lipinski definition) is 3. The van der Waals surface area contributed by atoms with Crippen molar-refractivity contribution in [3.05, 3.63) is 29.3 Å². The van der Waals surface area contributed by atoms with E-state index in [0.717, 1.165) is 24.0 Å². The Bertz CT molecular complexity index is 485. The number of fused-ring (bicyclic) bond motifs is 1. The van der Waals surface area contributed by atoms with Crippen LogP contribution in [0.1, 0.15) is 37.4 Å². The number of nitrogens with one attached hydrogen (secondary N) is 1. The number of aromatic hydroxyl groups is 1. The third-order valence-electron chi connectivity index (χ3n) is 3.85. The molecule has 0 spiro atoms. The molecule has 0 heterocycles. The Kier molecular flexibility index (Phi) is 4.65. The number of carbonyl (C=O) groups is 1. The first kappa shape index (κ1) is 14.9. The van der Waals surface area contributed by atoms with Crippen molar-refractivity contribution >= 4 is 5.91 Å². The fourth-order valence-corrected chi connectivity index (χ4v) is 2.78. The minimum absolute atomic E-state index is 0.0646. The number of likely N-dealkylation sites (N-methyl/N-ethyl adjacent to an activating group) is 1. The molecular formula is C16H24N2O2. The van der Waals surface area contributed by atoms with E-state index >= 15 is 0 Å². The van der Waals surface area contributed by atoms with E-state index in [1.165, 1.54) is 0 Å². The maximum absolute atomic E-state index is 11.9. The maximum atomic E-state index is 11.9. The first-order chi connectivity index (χ1) is 9.49.